The standard InChI is InChI=1S/C19H15Cl2NO5/c1-24-14-8-11(9-15(25-2)17(14)26-3)18-22-13(19(23)27-18)7-10-5-4-6-12(20)16(10)21/h4-9H,1-3H3/b13-7-. The van der Waals surface area contributed by atoms with Crippen LogP contribution < -0.4 is 14.2 Å². The van der Waals surface area contributed by atoms with Crippen molar-refractivity contribution >= 4 is 41.1 Å². The first-order valence-corrected chi connectivity index (χ1v) is 8.51. The fourth-order valence-corrected chi connectivity index (χ4v) is 2.88. The van der Waals surface area contributed by atoms with Gasteiger partial charge in [0.2, 0.25) is 11.6 Å². The van der Waals surface area contributed by atoms with Gasteiger partial charge < -0.3 is 18.9 Å². The average molecular weight is 408 g/mol. The van der Waals surface area contributed by atoms with Crippen LogP contribution in [0, 0.1) is 0 Å². The summed E-state index contributed by atoms with van der Waals surface area (Å²) in [5.41, 5.74) is 1.16. The molecule has 3 rings (SSSR count). The smallest absolute Gasteiger partial charge is 0.363 e. The van der Waals surface area contributed by atoms with E-state index in [1.165, 1.54) is 27.4 Å². The molecule has 0 amide bonds. The second kappa shape index (κ2) is 7.90. The van der Waals surface area contributed by atoms with Crippen LogP contribution in [0.5, 0.6) is 17.2 Å². The van der Waals surface area contributed by atoms with Gasteiger partial charge in [-0.1, -0.05) is 35.3 Å². The van der Waals surface area contributed by atoms with Gasteiger partial charge in [-0.3, -0.25) is 0 Å². The van der Waals surface area contributed by atoms with Gasteiger partial charge in [-0.05, 0) is 29.8 Å². The number of benzene rings is 2. The minimum atomic E-state index is -0.602. The van der Waals surface area contributed by atoms with E-state index < -0.39 is 5.97 Å². The van der Waals surface area contributed by atoms with Crippen molar-refractivity contribution in [3.8, 4) is 17.2 Å². The van der Waals surface area contributed by atoms with Crippen LogP contribution in [-0.2, 0) is 9.53 Å². The predicted octanol–water partition coefficient (Wildman–Crippen LogP) is 4.36. The molecule has 0 atom stereocenters. The van der Waals surface area contributed by atoms with Gasteiger partial charge in [0, 0.05) is 5.56 Å². The summed E-state index contributed by atoms with van der Waals surface area (Å²) >= 11 is 12.2. The Kier molecular flexibility index (Phi) is 5.58. The molecule has 8 heteroatoms. The Morgan fingerprint density at radius 3 is 2.30 bits per heavy atom. The molecular weight excluding hydrogens is 393 g/mol. The van der Waals surface area contributed by atoms with Crippen molar-refractivity contribution in [3.63, 3.8) is 0 Å². The lowest BCUT2D eigenvalue weighted by Gasteiger charge is -2.13. The third-order valence-corrected chi connectivity index (χ3v) is 4.64. The molecular formula is C19H15Cl2NO5. The van der Waals surface area contributed by atoms with E-state index in [1.54, 1.807) is 30.3 Å². The molecule has 0 saturated heterocycles. The van der Waals surface area contributed by atoms with Crippen molar-refractivity contribution in [1.29, 1.82) is 0 Å². The lowest BCUT2D eigenvalue weighted by Crippen LogP contribution is -2.06. The number of carbonyl (C=O) groups is 1. The van der Waals surface area contributed by atoms with Crippen molar-refractivity contribution in [3.05, 3.63) is 57.2 Å². The van der Waals surface area contributed by atoms with E-state index in [1.807, 2.05) is 0 Å². The SMILES string of the molecule is COc1cc(C2=N/C(=C\c3cccc(Cl)c3Cl)C(=O)O2)cc(OC)c1OC. The fraction of sp³-hybridized carbons (Fsp3) is 0.158. The molecule has 0 aliphatic carbocycles. The summed E-state index contributed by atoms with van der Waals surface area (Å²) in [7, 11) is 4.49. The van der Waals surface area contributed by atoms with E-state index in [-0.39, 0.29) is 11.6 Å². The van der Waals surface area contributed by atoms with Gasteiger partial charge in [-0.15, -0.1) is 0 Å². The van der Waals surface area contributed by atoms with Gasteiger partial charge in [0.15, 0.2) is 17.2 Å². The van der Waals surface area contributed by atoms with Crippen molar-refractivity contribution < 1.29 is 23.7 Å². The van der Waals surface area contributed by atoms with E-state index in [9.17, 15) is 4.79 Å². The highest BCUT2D eigenvalue weighted by Crippen LogP contribution is 2.39. The first-order valence-electron chi connectivity index (χ1n) is 7.75. The number of hydrogen-bond donors (Lipinski definition) is 0. The Labute approximate surface area is 165 Å². The molecule has 2 aromatic carbocycles. The molecule has 1 aliphatic heterocycles. The Morgan fingerprint density at radius 2 is 1.70 bits per heavy atom. The van der Waals surface area contributed by atoms with Gasteiger partial charge >= 0.3 is 5.97 Å². The van der Waals surface area contributed by atoms with E-state index >= 15 is 0 Å². The summed E-state index contributed by atoms with van der Waals surface area (Å²) < 4.78 is 21.2. The quantitative estimate of drug-likeness (QED) is 0.543. The average Bonchev–Trinajstić information content (AvgIpc) is 3.04. The maximum Gasteiger partial charge on any atom is 0.363 e. The number of carbonyl (C=O) groups excluding carboxylic acids is 1. The zero-order valence-corrected chi connectivity index (χ0v) is 16.2. The van der Waals surface area contributed by atoms with E-state index in [4.69, 9.17) is 42.1 Å². The maximum absolute atomic E-state index is 12.2. The van der Waals surface area contributed by atoms with Gasteiger partial charge in [-0.2, -0.15) is 0 Å². The predicted molar refractivity (Wildman–Crippen MR) is 103 cm³/mol. The summed E-state index contributed by atoms with van der Waals surface area (Å²) in [6.45, 7) is 0. The van der Waals surface area contributed by atoms with Gasteiger partial charge in [-0.25, -0.2) is 9.79 Å². The largest absolute Gasteiger partial charge is 0.493 e. The second-order valence-electron chi connectivity index (χ2n) is 5.39. The molecule has 1 aliphatic rings. The van der Waals surface area contributed by atoms with Crippen molar-refractivity contribution in [2.75, 3.05) is 21.3 Å². The van der Waals surface area contributed by atoms with Crippen LogP contribution in [0.1, 0.15) is 11.1 Å². The molecule has 0 spiro atoms. The number of halogens is 2. The lowest BCUT2D eigenvalue weighted by molar-refractivity contribution is -0.129. The minimum Gasteiger partial charge on any atom is -0.493 e. The van der Waals surface area contributed by atoms with Gasteiger partial charge in [0.05, 0.1) is 31.4 Å². The minimum absolute atomic E-state index is 0.0999. The highest BCUT2D eigenvalue weighted by atomic mass is 35.5. The van der Waals surface area contributed by atoms with Crippen LogP contribution in [0.15, 0.2) is 41.0 Å². The Bertz CT molecular complexity index is 944. The molecule has 0 saturated carbocycles. The number of esters is 1. The van der Waals surface area contributed by atoms with E-state index in [2.05, 4.69) is 4.99 Å². The van der Waals surface area contributed by atoms with Crippen LogP contribution in [0.2, 0.25) is 10.0 Å². The van der Waals surface area contributed by atoms with Crippen LogP contribution in [-0.4, -0.2) is 33.2 Å². The van der Waals surface area contributed by atoms with Crippen LogP contribution in [0.25, 0.3) is 6.08 Å². The third kappa shape index (κ3) is 3.72. The Balaban J connectivity index is 2.04. The number of methoxy groups -OCH3 is 3. The highest BCUT2D eigenvalue weighted by molar-refractivity contribution is 6.43. The Morgan fingerprint density at radius 1 is 1.04 bits per heavy atom. The zero-order valence-electron chi connectivity index (χ0n) is 14.7. The summed E-state index contributed by atoms with van der Waals surface area (Å²) in [6.07, 6.45) is 1.52. The molecule has 0 radical (unpaired) electrons. The monoisotopic (exact) mass is 407 g/mol. The summed E-state index contributed by atoms with van der Waals surface area (Å²) in [5.74, 6) is 0.774. The van der Waals surface area contributed by atoms with E-state index in [0.717, 1.165) is 0 Å². The number of aliphatic imine (C=N–C) groups is 1. The zero-order chi connectivity index (χ0) is 19.6. The lowest BCUT2D eigenvalue weighted by atomic mass is 10.1. The van der Waals surface area contributed by atoms with Crippen LogP contribution in [0.4, 0.5) is 0 Å². The number of hydrogen-bond acceptors (Lipinski definition) is 6. The van der Waals surface area contributed by atoms with Crippen molar-refractivity contribution in [1.82, 2.24) is 0 Å². The summed E-state index contributed by atoms with van der Waals surface area (Å²) in [5, 5.41) is 0.710. The number of nitrogens with zero attached hydrogens (tertiary/aromatic N) is 1. The van der Waals surface area contributed by atoms with Gasteiger partial charge in [0.25, 0.3) is 0 Å². The molecule has 140 valence electrons. The van der Waals surface area contributed by atoms with Crippen molar-refractivity contribution in [2.24, 2.45) is 4.99 Å². The Hall–Kier alpha value is -2.70. The van der Waals surface area contributed by atoms with Crippen molar-refractivity contribution in [2.45, 2.75) is 0 Å². The molecule has 0 N–H and O–H groups in total. The number of ether oxygens (including phenoxy) is 4. The number of rotatable bonds is 5. The maximum atomic E-state index is 12.2. The van der Waals surface area contributed by atoms with Crippen LogP contribution in [0.3, 0.4) is 0 Å². The third-order valence-electron chi connectivity index (χ3n) is 3.81. The first kappa shape index (κ1) is 19.1. The first-order chi connectivity index (χ1) is 13.0. The summed E-state index contributed by atoms with van der Waals surface area (Å²) in [6, 6.07) is 8.39. The molecule has 0 fully saturated rings. The molecule has 2 aromatic rings. The fourth-order valence-electron chi connectivity index (χ4n) is 2.52. The molecule has 0 bridgehead atoms. The normalized spacial score (nSPS) is 14.8. The van der Waals surface area contributed by atoms with Gasteiger partial charge in [0.1, 0.15) is 0 Å². The molecule has 27 heavy (non-hydrogen) atoms. The second-order valence-corrected chi connectivity index (χ2v) is 6.18. The molecule has 6 nitrogen and oxygen atoms in total. The van der Waals surface area contributed by atoms with E-state index in [0.29, 0.717) is 38.4 Å². The molecule has 0 unspecified atom stereocenters. The summed E-state index contributed by atoms with van der Waals surface area (Å²) in [4.78, 5) is 16.5. The van der Waals surface area contributed by atoms with Crippen LogP contribution >= 0.6 is 23.2 Å². The molecule has 0 aromatic heterocycles. The molecule has 1 heterocycles. The number of cyclic esters (lactones) is 1. The topological polar surface area (TPSA) is 66.4 Å². The highest BCUT2D eigenvalue weighted by Gasteiger charge is 2.26.